The van der Waals surface area contributed by atoms with Crippen molar-refractivity contribution < 1.29 is 14.4 Å². The minimum Gasteiger partial charge on any atom is -0.341 e. The highest BCUT2D eigenvalue weighted by molar-refractivity contribution is 7.80. The number of likely N-dealkylation sites (tertiary alicyclic amines) is 1. The van der Waals surface area contributed by atoms with Gasteiger partial charge in [0.05, 0.1) is 5.69 Å². The zero-order chi connectivity index (χ0) is 25.4. The third-order valence-electron chi connectivity index (χ3n) is 6.70. The smallest absolute Gasteiger partial charge is 0.270 e. The zero-order valence-corrected chi connectivity index (χ0v) is 21.2. The summed E-state index contributed by atoms with van der Waals surface area (Å²) in [5, 5.41) is 3.58. The normalized spacial score (nSPS) is 17.7. The second kappa shape index (κ2) is 9.70. The van der Waals surface area contributed by atoms with E-state index in [9.17, 15) is 14.4 Å². The number of rotatable bonds is 4. The maximum Gasteiger partial charge on any atom is 0.270 e. The molecule has 1 aromatic heterocycles. The van der Waals surface area contributed by atoms with Crippen LogP contribution in [0, 0.1) is 13.8 Å². The Kier molecular flexibility index (Phi) is 6.45. The third-order valence-corrected chi connectivity index (χ3v) is 6.98. The minimum absolute atomic E-state index is 0.00646. The first kappa shape index (κ1) is 23.9. The van der Waals surface area contributed by atoms with E-state index in [4.69, 9.17) is 12.2 Å². The van der Waals surface area contributed by atoms with Crippen molar-refractivity contribution in [3.8, 4) is 0 Å². The number of hydrogen-bond acceptors (Lipinski definition) is 4. The van der Waals surface area contributed by atoms with E-state index in [1.807, 2.05) is 72.0 Å². The summed E-state index contributed by atoms with van der Waals surface area (Å²) >= 11 is 5.36. The van der Waals surface area contributed by atoms with Crippen LogP contribution >= 0.6 is 12.2 Å². The van der Waals surface area contributed by atoms with Crippen LogP contribution in [-0.4, -0.2) is 45.4 Å². The molecule has 0 unspecified atom stereocenters. The summed E-state index contributed by atoms with van der Waals surface area (Å²) in [5.41, 5.74) is 4.16. The van der Waals surface area contributed by atoms with Gasteiger partial charge in [0.25, 0.3) is 11.8 Å². The van der Waals surface area contributed by atoms with Gasteiger partial charge >= 0.3 is 0 Å². The van der Waals surface area contributed by atoms with Gasteiger partial charge in [-0.15, -0.1) is 0 Å². The lowest BCUT2D eigenvalue weighted by Gasteiger charge is -2.29. The van der Waals surface area contributed by atoms with Gasteiger partial charge in [-0.3, -0.25) is 24.6 Å². The molecule has 2 aliphatic heterocycles. The van der Waals surface area contributed by atoms with Crippen molar-refractivity contribution in [1.82, 2.24) is 14.8 Å². The molecule has 1 N–H and O–H groups in total. The number of thiocarbonyl (C=S) groups is 1. The first-order chi connectivity index (χ1) is 17.3. The number of benzene rings is 2. The van der Waals surface area contributed by atoms with Crippen LogP contribution in [0.1, 0.15) is 36.0 Å². The Morgan fingerprint density at radius 3 is 2.44 bits per heavy atom. The van der Waals surface area contributed by atoms with E-state index in [1.54, 1.807) is 6.08 Å². The topological polar surface area (TPSA) is 74.7 Å². The average molecular weight is 501 g/mol. The molecule has 0 aliphatic carbocycles. The SMILES string of the molecule is Cc1cc(C)cc(N2C(=O)C(=Cc3cn(CC(=O)N4CCCCC4)c4ccccc34)C(=O)NC2=S)c1. The second-order valence-corrected chi connectivity index (χ2v) is 9.86. The number of anilines is 1. The number of fused-ring (bicyclic) bond motifs is 1. The van der Waals surface area contributed by atoms with Gasteiger partial charge in [0.2, 0.25) is 5.91 Å². The summed E-state index contributed by atoms with van der Waals surface area (Å²) in [6, 6.07) is 13.4. The van der Waals surface area contributed by atoms with E-state index < -0.39 is 11.8 Å². The quantitative estimate of drug-likeness (QED) is 0.333. The van der Waals surface area contributed by atoms with Crippen molar-refractivity contribution >= 4 is 57.7 Å². The fraction of sp³-hybridized carbons (Fsp3) is 0.286. The number of piperidine rings is 1. The van der Waals surface area contributed by atoms with Gasteiger partial charge in [-0.05, 0) is 80.7 Å². The van der Waals surface area contributed by atoms with Crippen molar-refractivity contribution in [3.63, 3.8) is 0 Å². The van der Waals surface area contributed by atoms with E-state index in [2.05, 4.69) is 5.32 Å². The Morgan fingerprint density at radius 1 is 1.03 bits per heavy atom. The molecule has 0 spiro atoms. The van der Waals surface area contributed by atoms with E-state index in [-0.39, 0.29) is 23.1 Å². The molecule has 3 heterocycles. The molecule has 2 saturated heterocycles. The zero-order valence-electron chi connectivity index (χ0n) is 20.4. The molecule has 0 saturated carbocycles. The molecular formula is C28H28N4O3S. The lowest BCUT2D eigenvalue weighted by molar-refractivity contribution is -0.132. The molecule has 0 radical (unpaired) electrons. The molecular weight excluding hydrogens is 472 g/mol. The molecule has 2 aromatic carbocycles. The fourth-order valence-electron chi connectivity index (χ4n) is 5.04. The van der Waals surface area contributed by atoms with Gasteiger partial charge in [-0.1, -0.05) is 24.3 Å². The van der Waals surface area contributed by atoms with E-state index in [1.165, 1.54) is 4.90 Å². The number of carbonyl (C=O) groups excluding carboxylic acids is 3. The third kappa shape index (κ3) is 4.56. The summed E-state index contributed by atoms with van der Waals surface area (Å²) in [4.78, 5) is 42.7. The van der Waals surface area contributed by atoms with Crippen molar-refractivity contribution in [2.75, 3.05) is 18.0 Å². The Morgan fingerprint density at radius 2 is 1.72 bits per heavy atom. The first-order valence-electron chi connectivity index (χ1n) is 12.2. The van der Waals surface area contributed by atoms with Gasteiger partial charge in [0, 0.05) is 35.8 Å². The van der Waals surface area contributed by atoms with Gasteiger partial charge < -0.3 is 9.47 Å². The predicted molar refractivity (Wildman–Crippen MR) is 144 cm³/mol. The van der Waals surface area contributed by atoms with Gasteiger partial charge in [0.15, 0.2) is 5.11 Å². The lowest BCUT2D eigenvalue weighted by Crippen LogP contribution is -2.54. The number of para-hydroxylation sites is 1. The Bertz CT molecular complexity index is 1410. The predicted octanol–water partition coefficient (Wildman–Crippen LogP) is 4.10. The maximum atomic E-state index is 13.5. The van der Waals surface area contributed by atoms with Gasteiger partial charge in [-0.2, -0.15) is 0 Å². The number of nitrogens with zero attached hydrogens (tertiary/aromatic N) is 3. The van der Waals surface area contributed by atoms with Crippen LogP contribution in [0.2, 0.25) is 0 Å². The first-order valence-corrected chi connectivity index (χ1v) is 12.6. The largest absolute Gasteiger partial charge is 0.341 e. The molecule has 5 rings (SSSR count). The van der Waals surface area contributed by atoms with Crippen molar-refractivity contribution in [1.29, 1.82) is 0 Å². The van der Waals surface area contributed by atoms with E-state index in [0.29, 0.717) is 11.3 Å². The van der Waals surface area contributed by atoms with Crippen LogP contribution in [0.4, 0.5) is 5.69 Å². The summed E-state index contributed by atoms with van der Waals surface area (Å²) in [5.74, 6) is -0.936. The second-order valence-electron chi connectivity index (χ2n) is 9.47. The number of carbonyl (C=O) groups is 3. The van der Waals surface area contributed by atoms with Crippen LogP contribution in [0.25, 0.3) is 17.0 Å². The van der Waals surface area contributed by atoms with Crippen LogP contribution in [0.3, 0.4) is 0 Å². The molecule has 0 bridgehead atoms. The van der Waals surface area contributed by atoms with Crippen molar-refractivity contribution in [3.05, 3.63) is 70.9 Å². The number of nitrogens with one attached hydrogen (secondary N) is 1. The highest BCUT2D eigenvalue weighted by atomic mass is 32.1. The monoisotopic (exact) mass is 500 g/mol. The van der Waals surface area contributed by atoms with Gasteiger partial charge in [0.1, 0.15) is 12.1 Å². The van der Waals surface area contributed by atoms with Crippen LogP contribution < -0.4 is 10.2 Å². The van der Waals surface area contributed by atoms with Crippen molar-refractivity contribution in [2.24, 2.45) is 0 Å². The summed E-state index contributed by atoms with van der Waals surface area (Å²) in [6.07, 6.45) is 6.66. The Hall–Kier alpha value is -3.78. The van der Waals surface area contributed by atoms with Crippen LogP contribution in [0.15, 0.2) is 54.2 Å². The summed E-state index contributed by atoms with van der Waals surface area (Å²) in [6.45, 7) is 5.69. The number of hydrogen-bond donors (Lipinski definition) is 1. The highest BCUT2D eigenvalue weighted by Crippen LogP contribution is 2.28. The minimum atomic E-state index is -0.535. The number of aromatic nitrogens is 1. The number of aryl methyl sites for hydroxylation is 2. The average Bonchev–Trinajstić information content (AvgIpc) is 3.18. The molecule has 2 fully saturated rings. The molecule has 3 amide bonds. The molecule has 36 heavy (non-hydrogen) atoms. The summed E-state index contributed by atoms with van der Waals surface area (Å²) < 4.78 is 1.90. The van der Waals surface area contributed by atoms with Crippen molar-refractivity contribution in [2.45, 2.75) is 39.7 Å². The van der Waals surface area contributed by atoms with Crippen LogP contribution in [-0.2, 0) is 20.9 Å². The number of amides is 3. The molecule has 8 heteroatoms. The maximum absolute atomic E-state index is 13.5. The van der Waals surface area contributed by atoms with E-state index >= 15 is 0 Å². The molecule has 184 valence electrons. The van der Waals surface area contributed by atoms with E-state index in [0.717, 1.165) is 54.4 Å². The lowest BCUT2D eigenvalue weighted by atomic mass is 10.1. The molecule has 0 atom stereocenters. The van der Waals surface area contributed by atoms with Gasteiger partial charge in [-0.25, -0.2) is 0 Å². The Balaban J connectivity index is 1.51. The molecule has 3 aromatic rings. The summed E-state index contributed by atoms with van der Waals surface area (Å²) in [7, 11) is 0. The Labute approximate surface area is 215 Å². The van der Waals surface area contributed by atoms with Crippen LogP contribution in [0.5, 0.6) is 0 Å². The molecule has 2 aliphatic rings. The highest BCUT2D eigenvalue weighted by Gasteiger charge is 2.35. The standard InChI is InChI=1S/C28H28N4O3S/c1-18-12-19(2)14-21(13-18)32-27(35)23(26(34)29-28(32)36)15-20-16-31(24-9-5-4-8-22(20)24)17-25(33)30-10-6-3-7-11-30/h4-5,8-9,12-16H,3,6-7,10-11,17H2,1-2H3,(H,29,34,36). The fourth-order valence-corrected chi connectivity index (χ4v) is 5.32. The molecule has 7 nitrogen and oxygen atoms in total.